The summed E-state index contributed by atoms with van der Waals surface area (Å²) in [6.07, 6.45) is 6.16. The van der Waals surface area contributed by atoms with Crippen LogP contribution >= 0.6 is 0 Å². The highest BCUT2D eigenvalue weighted by atomic mass is 16.5. The Morgan fingerprint density at radius 2 is 1.74 bits per heavy atom. The van der Waals surface area contributed by atoms with E-state index in [0.29, 0.717) is 23.5 Å². The molecule has 0 bridgehead atoms. The van der Waals surface area contributed by atoms with Crippen molar-refractivity contribution in [1.82, 2.24) is 15.3 Å². The minimum atomic E-state index is -0.381. The van der Waals surface area contributed by atoms with E-state index < -0.39 is 0 Å². The van der Waals surface area contributed by atoms with Crippen LogP contribution < -0.4 is 15.4 Å². The smallest absolute Gasteiger partial charge is 0.257 e. The van der Waals surface area contributed by atoms with Gasteiger partial charge in [0, 0.05) is 31.3 Å². The largest absolute Gasteiger partial charge is 0.495 e. The number of para-hydroxylation sites is 2. The second-order valence-electron chi connectivity index (χ2n) is 5.66. The molecule has 0 unspecified atom stereocenters. The maximum atomic E-state index is 12.5. The molecule has 27 heavy (non-hydrogen) atoms. The molecule has 0 saturated carbocycles. The molecule has 0 aliphatic rings. The molecule has 2 N–H and O–H groups in total. The third kappa shape index (κ3) is 4.66. The Labute approximate surface area is 156 Å². The number of carbonyl (C=O) groups excluding carboxylic acids is 2. The molecule has 0 spiro atoms. The molecule has 2 heterocycles. The van der Waals surface area contributed by atoms with Gasteiger partial charge in [-0.05, 0) is 29.8 Å². The zero-order chi connectivity index (χ0) is 19.1. The summed E-state index contributed by atoms with van der Waals surface area (Å²) in [6.45, 7) is 0.338. The van der Waals surface area contributed by atoms with E-state index in [4.69, 9.17) is 4.74 Å². The summed E-state index contributed by atoms with van der Waals surface area (Å²) in [5, 5.41) is 5.54. The fraction of sp³-hybridized carbons (Fsp3) is 0.100. The summed E-state index contributed by atoms with van der Waals surface area (Å²) < 4.78 is 5.22. The molecule has 2 aromatic heterocycles. The van der Waals surface area contributed by atoms with Crippen molar-refractivity contribution >= 4 is 17.5 Å². The van der Waals surface area contributed by atoms with Crippen LogP contribution in [0.15, 0.2) is 67.3 Å². The number of benzene rings is 1. The quantitative estimate of drug-likeness (QED) is 0.703. The van der Waals surface area contributed by atoms with Gasteiger partial charge in [-0.2, -0.15) is 0 Å². The van der Waals surface area contributed by atoms with E-state index >= 15 is 0 Å². The van der Waals surface area contributed by atoms with E-state index in [-0.39, 0.29) is 17.4 Å². The van der Waals surface area contributed by atoms with Gasteiger partial charge in [0.2, 0.25) is 0 Å². The third-order valence-electron chi connectivity index (χ3n) is 3.79. The van der Waals surface area contributed by atoms with Crippen molar-refractivity contribution in [1.29, 1.82) is 0 Å². The van der Waals surface area contributed by atoms with Crippen molar-refractivity contribution < 1.29 is 14.3 Å². The number of ether oxygens (including phenoxy) is 1. The van der Waals surface area contributed by atoms with Crippen LogP contribution in [-0.2, 0) is 6.54 Å². The highest BCUT2D eigenvalue weighted by Crippen LogP contribution is 2.23. The molecule has 0 radical (unpaired) electrons. The monoisotopic (exact) mass is 362 g/mol. The topological polar surface area (TPSA) is 93.2 Å². The molecular weight excluding hydrogens is 344 g/mol. The van der Waals surface area contributed by atoms with Gasteiger partial charge in [-0.15, -0.1) is 0 Å². The minimum absolute atomic E-state index is 0.273. The first-order valence-electron chi connectivity index (χ1n) is 8.24. The number of rotatable bonds is 6. The normalized spacial score (nSPS) is 10.1. The highest BCUT2D eigenvalue weighted by molar-refractivity contribution is 6.06. The number of pyridine rings is 2. The van der Waals surface area contributed by atoms with E-state index in [1.807, 2.05) is 12.1 Å². The van der Waals surface area contributed by atoms with Crippen LogP contribution in [0, 0.1) is 0 Å². The lowest BCUT2D eigenvalue weighted by Crippen LogP contribution is -2.23. The van der Waals surface area contributed by atoms with Gasteiger partial charge in [0.15, 0.2) is 0 Å². The van der Waals surface area contributed by atoms with Crippen LogP contribution in [0.3, 0.4) is 0 Å². The Kier molecular flexibility index (Phi) is 5.73. The number of amides is 2. The fourth-order valence-corrected chi connectivity index (χ4v) is 2.42. The lowest BCUT2D eigenvalue weighted by molar-refractivity contribution is 0.0950. The third-order valence-corrected chi connectivity index (χ3v) is 3.79. The molecule has 3 aromatic rings. The number of hydrogen-bond acceptors (Lipinski definition) is 5. The van der Waals surface area contributed by atoms with Crippen LogP contribution in [0.2, 0.25) is 0 Å². The molecule has 0 atom stereocenters. The first-order chi connectivity index (χ1) is 13.2. The Morgan fingerprint density at radius 1 is 0.963 bits per heavy atom. The Morgan fingerprint density at radius 3 is 2.48 bits per heavy atom. The minimum Gasteiger partial charge on any atom is -0.495 e. The van der Waals surface area contributed by atoms with Gasteiger partial charge in [-0.1, -0.05) is 18.2 Å². The molecular formula is C20H18N4O3. The molecule has 0 aliphatic carbocycles. The van der Waals surface area contributed by atoms with Gasteiger partial charge >= 0.3 is 0 Å². The predicted octanol–water partition coefficient (Wildman–Crippen LogP) is 2.67. The van der Waals surface area contributed by atoms with Crippen molar-refractivity contribution in [2.75, 3.05) is 12.4 Å². The van der Waals surface area contributed by atoms with Crippen LogP contribution in [0.25, 0.3) is 0 Å². The Hall–Kier alpha value is -3.74. The maximum Gasteiger partial charge on any atom is 0.257 e. The highest BCUT2D eigenvalue weighted by Gasteiger charge is 2.13. The fourth-order valence-electron chi connectivity index (χ4n) is 2.42. The summed E-state index contributed by atoms with van der Waals surface area (Å²) in [6, 6.07) is 12.2. The van der Waals surface area contributed by atoms with Gasteiger partial charge < -0.3 is 15.4 Å². The SMILES string of the molecule is COc1ccccc1NC(=O)c1cncc(C(=O)NCc2cccnc2)c1. The molecule has 7 nitrogen and oxygen atoms in total. The van der Waals surface area contributed by atoms with Crippen LogP contribution in [0.1, 0.15) is 26.3 Å². The number of methoxy groups -OCH3 is 1. The lowest BCUT2D eigenvalue weighted by Gasteiger charge is -2.10. The predicted molar refractivity (Wildman–Crippen MR) is 101 cm³/mol. The average Bonchev–Trinajstić information content (AvgIpc) is 2.73. The lowest BCUT2D eigenvalue weighted by atomic mass is 10.1. The van der Waals surface area contributed by atoms with E-state index in [0.717, 1.165) is 5.56 Å². The van der Waals surface area contributed by atoms with Gasteiger partial charge in [-0.3, -0.25) is 19.6 Å². The second kappa shape index (κ2) is 8.57. The van der Waals surface area contributed by atoms with Crippen molar-refractivity contribution in [3.63, 3.8) is 0 Å². The number of nitrogens with zero attached hydrogens (tertiary/aromatic N) is 2. The zero-order valence-electron chi connectivity index (χ0n) is 14.7. The van der Waals surface area contributed by atoms with Crippen molar-refractivity contribution in [2.24, 2.45) is 0 Å². The van der Waals surface area contributed by atoms with Crippen molar-refractivity contribution in [3.8, 4) is 5.75 Å². The van der Waals surface area contributed by atoms with E-state index in [9.17, 15) is 9.59 Å². The summed E-state index contributed by atoms with van der Waals surface area (Å²) in [5.74, 6) is -0.156. The van der Waals surface area contributed by atoms with Gasteiger partial charge in [0.1, 0.15) is 5.75 Å². The molecule has 0 fully saturated rings. The average molecular weight is 362 g/mol. The summed E-state index contributed by atoms with van der Waals surface area (Å²) in [4.78, 5) is 32.8. The Balaban J connectivity index is 1.69. The van der Waals surface area contributed by atoms with Gasteiger partial charge in [0.25, 0.3) is 11.8 Å². The standard InChI is InChI=1S/C20H18N4O3/c1-27-18-7-3-2-6-17(18)24-20(26)16-9-15(12-22-13-16)19(25)23-11-14-5-4-8-21-10-14/h2-10,12-13H,11H2,1H3,(H,23,25)(H,24,26). The molecule has 0 aliphatic heterocycles. The van der Waals surface area contributed by atoms with E-state index in [2.05, 4.69) is 20.6 Å². The van der Waals surface area contributed by atoms with Crippen molar-refractivity contribution in [3.05, 3.63) is 83.9 Å². The molecule has 136 valence electrons. The van der Waals surface area contributed by atoms with Crippen molar-refractivity contribution in [2.45, 2.75) is 6.54 Å². The van der Waals surface area contributed by atoms with E-state index in [1.165, 1.54) is 25.6 Å². The van der Waals surface area contributed by atoms with Crippen LogP contribution in [-0.4, -0.2) is 28.9 Å². The molecule has 0 saturated heterocycles. The first-order valence-corrected chi connectivity index (χ1v) is 8.24. The summed E-state index contributed by atoms with van der Waals surface area (Å²) >= 11 is 0. The van der Waals surface area contributed by atoms with Gasteiger partial charge in [0.05, 0.1) is 23.9 Å². The maximum absolute atomic E-state index is 12.5. The summed E-state index contributed by atoms with van der Waals surface area (Å²) in [5.41, 5.74) is 1.99. The number of nitrogens with one attached hydrogen (secondary N) is 2. The first kappa shape index (κ1) is 18.1. The van der Waals surface area contributed by atoms with Gasteiger partial charge in [-0.25, -0.2) is 0 Å². The molecule has 2 amide bonds. The van der Waals surface area contributed by atoms with E-state index in [1.54, 1.807) is 36.7 Å². The number of aromatic nitrogens is 2. The molecule has 7 heteroatoms. The van der Waals surface area contributed by atoms with Crippen LogP contribution in [0.5, 0.6) is 5.75 Å². The summed E-state index contributed by atoms with van der Waals surface area (Å²) in [7, 11) is 1.53. The second-order valence-corrected chi connectivity index (χ2v) is 5.66. The number of carbonyl (C=O) groups is 2. The zero-order valence-corrected chi connectivity index (χ0v) is 14.7. The molecule has 3 rings (SSSR count). The molecule has 1 aromatic carbocycles. The number of hydrogen-bond donors (Lipinski definition) is 2. The van der Waals surface area contributed by atoms with Crippen LogP contribution in [0.4, 0.5) is 5.69 Å². The number of anilines is 1. The Bertz CT molecular complexity index is 945.